The van der Waals surface area contributed by atoms with E-state index in [9.17, 15) is 9.59 Å². The maximum atomic E-state index is 12.0. The summed E-state index contributed by atoms with van der Waals surface area (Å²) in [7, 11) is 1.56. The summed E-state index contributed by atoms with van der Waals surface area (Å²) in [5, 5.41) is 2.54. The average molecular weight is 309 g/mol. The number of pyridine rings is 1. The van der Waals surface area contributed by atoms with Crippen LogP contribution in [-0.2, 0) is 9.47 Å². The molecular formula is C15H23N3O4. The molecule has 0 aliphatic rings. The zero-order valence-corrected chi connectivity index (χ0v) is 13.9. The number of hydrogen-bond acceptors (Lipinski definition) is 5. The van der Waals surface area contributed by atoms with Gasteiger partial charge in [0.25, 0.3) is 0 Å². The first-order valence-corrected chi connectivity index (χ1v) is 7.02. The summed E-state index contributed by atoms with van der Waals surface area (Å²) in [6.45, 7) is 9.14. The number of carbonyl (C=O) groups is 2. The second-order valence-electron chi connectivity index (χ2n) is 5.72. The van der Waals surface area contributed by atoms with Crippen molar-refractivity contribution in [1.29, 1.82) is 0 Å². The minimum absolute atomic E-state index is 0.266. The Morgan fingerprint density at radius 2 is 1.95 bits per heavy atom. The number of nitrogens with one attached hydrogen (secondary N) is 1. The minimum atomic E-state index is -0.595. The van der Waals surface area contributed by atoms with Crippen LogP contribution in [0.3, 0.4) is 0 Å². The standard InChI is InChI=1S/C15H23N3O4/c1-7-21-13(19)17-12-10(2)8-9-11(16-12)18(6)14(20)22-15(3,4)5/h8-9H,7H2,1-6H3,(H,16,17,19). The second-order valence-corrected chi connectivity index (χ2v) is 5.72. The van der Waals surface area contributed by atoms with Gasteiger partial charge in [-0.15, -0.1) is 0 Å². The molecule has 1 N–H and O–H groups in total. The number of aryl methyl sites for hydroxylation is 1. The van der Waals surface area contributed by atoms with E-state index in [1.54, 1.807) is 53.8 Å². The van der Waals surface area contributed by atoms with Gasteiger partial charge in [0.15, 0.2) is 0 Å². The maximum absolute atomic E-state index is 12.0. The Morgan fingerprint density at radius 3 is 2.50 bits per heavy atom. The van der Waals surface area contributed by atoms with Gasteiger partial charge in [-0.05, 0) is 46.2 Å². The molecule has 2 amide bonds. The van der Waals surface area contributed by atoms with E-state index in [1.165, 1.54) is 4.90 Å². The number of anilines is 2. The Balaban J connectivity index is 2.92. The molecule has 1 aromatic heterocycles. The van der Waals surface area contributed by atoms with Crippen molar-refractivity contribution in [3.05, 3.63) is 17.7 Å². The number of rotatable bonds is 3. The molecule has 0 spiro atoms. The largest absolute Gasteiger partial charge is 0.450 e. The van der Waals surface area contributed by atoms with Crippen LogP contribution in [0.2, 0.25) is 0 Å². The van der Waals surface area contributed by atoms with E-state index >= 15 is 0 Å². The highest BCUT2D eigenvalue weighted by Gasteiger charge is 2.22. The lowest BCUT2D eigenvalue weighted by atomic mass is 10.2. The third-order valence-corrected chi connectivity index (χ3v) is 2.59. The van der Waals surface area contributed by atoms with Gasteiger partial charge in [0.1, 0.15) is 17.2 Å². The summed E-state index contributed by atoms with van der Waals surface area (Å²) in [5.74, 6) is 0.706. The molecule has 0 bridgehead atoms. The highest BCUT2D eigenvalue weighted by Crippen LogP contribution is 2.20. The molecule has 22 heavy (non-hydrogen) atoms. The number of nitrogens with zero attached hydrogens (tertiary/aromatic N) is 2. The Hall–Kier alpha value is -2.31. The molecule has 0 aliphatic carbocycles. The van der Waals surface area contributed by atoms with Gasteiger partial charge in [0.2, 0.25) is 0 Å². The van der Waals surface area contributed by atoms with Crippen LogP contribution < -0.4 is 10.2 Å². The SMILES string of the molecule is CCOC(=O)Nc1nc(N(C)C(=O)OC(C)(C)C)ccc1C. The van der Waals surface area contributed by atoms with Gasteiger partial charge in [0.05, 0.1) is 6.61 Å². The van der Waals surface area contributed by atoms with Crippen LogP contribution in [0.25, 0.3) is 0 Å². The van der Waals surface area contributed by atoms with Crippen LogP contribution in [-0.4, -0.2) is 36.4 Å². The summed E-state index contributed by atoms with van der Waals surface area (Å²) in [6, 6.07) is 3.43. The maximum Gasteiger partial charge on any atom is 0.415 e. The van der Waals surface area contributed by atoms with Crippen LogP contribution >= 0.6 is 0 Å². The molecule has 7 heteroatoms. The highest BCUT2D eigenvalue weighted by molar-refractivity contribution is 5.88. The molecule has 122 valence electrons. The van der Waals surface area contributed by atoms with Crippen LogP contribution in [0.1, 0.15) is 33.3 Å². The number of hydrogen-bond donors (Lipinski definition) is 1. The summed E-state index contributed by atoms with van der Waals surface area (Å²) in [4.78, 5) is 29.1. The second kappa shape index (κ2) is 7.11. The predicted octanol–water partition coefficient (Wildman–Crippen LogP) is 3.33. The Labute approximate surface area is 130 Å². The van der Waals surface area contributed by atoms with Crippen molar-refractivity contribution in [3.63, 3.8) is 0 Å². The van der Waals surface area contributed by atoms with Crippen molar-refractivity contribution in [2.75, 3.05) is 23.9 Å². The van der Waals surface area contributed by atoms with Gasteiger partial charge in [-0.25, -0.2) is 14.6 Å². The van der Waals surface area contributed by atoms with E-state index in [-0.39, 0.29) is 6.61 Å². The van der Waals surface area contributed by atoms with Gasteiger partial charge in [-0.3, -0.25) is 10.2 Å². The summed E-state index contributed by atoms with van der Waals surface area (Å²) < 4.78 is 10.1. The van der Waals surface area contributed by atoms with Gasteiger partial charge >= 0.3 is 12.2 Å². The van der Waals surface area contributed by atoms with Crippen LogP contribution in [0.5, 0.6) is 0 Å². The summed E-state index contributed by atoms with van der Waals surface area (Å²) in [6.07, 6.45) is -1.11. The van der Waals surface area contributed by atoms with Gasteiger partial charge < -0.3 is 9.47 Å². The Bertz CT molecular complexity index is 552. The van der Waals surface area contributed by atoms with E-state index in [4.69, 9.17) is 9.47 Å². The number of aromatic nitrogens is 1. The fourth-order valence-electron chi connectivity index (χ4n) is 1.52. The molecule has 0 fully saturated rings. The third kappa shape index (κ3) is 5.23. The van der Waals surface area contributed by atoms with Crippen LogP contribution in [0.15, 0.2) is 12.1 Å². The van der Waals surface area contributed by atoms with Gasteiger partial charge in [0, 0.05) is 7.05 Å². The molecule has 7 nitrogen and oxygen atoms in total. The molecule has 0 unspecified atom stereocenters. The first kappa shape index (κ1) is 17.7. The fourth-order valence-corrected chi connectivity index (χ4v) is 1.52. The van der Waals surface area contributed by atoms with E-state index in [0.717, 1.165) is 5.56 Å². The fraction of sp³-hybridized carbons (Fsp3) is 0.533. The van der Waals surface area contributed by atoms with Crippen LogP contribution in [0.4, 0.5) is 21.2 Å². The highest BCUT2D eigenvalue weighted by atomic mass is 16.6. The predicted molar refractivity (Wildman–Crippen MR) is 84.3 cm³/mol. The van der Waals surface area contributed by atoms with Crippen molar-refractivity contribution in [3.8, 4) is 0 Å². The lowest BCUT2D eigenvalue weighted by molar-refractivity contribution is 0.0588. The third-order valence-electron chi connectivity index (χ3n) is 2.59. The van der Waals surface area contributed by atoms with Crippen molar-refractivity contribution in [2.24, 2.45) is 0 Å². The summed E-state index contributed by atoms with van der Waals surface area (Å²) in [5.41, 5.74) is 0.164. The first-order chi connectivity index (χ1) is 10.1. The zero-order valence-electron chi connectivity index (χ0n) is 13.9. The molecule has 0 atom stereocenters. The molecule has 0 aliphatic heterocycles. The minimum Gasteiger partial charge on any atom is -0.450 e. The van der Waals surface area contributed by atoms with Crippen molar-refractivity contribution >= 4 is 23.8 Å². The quantitative estimate of drug-likeness (QED) is 0.926. The summed E-state index contributed by atoms with van der Waals surface area (Å²) >= 11 is 0. The van der Waals surface area contributed by atoms with Crippen molar-refractivity contribution in [2.45, 2.75) is 40.2 Å². The number of amides is 2. The lowest BCUT2D eigenvalue weighted by Gasteiger charge is -2.24. The molecule has 1 heterocycles. The molecule has 0 radical (unpaired) electrons. The van der Waals surface area contributed by atoms with Crippen LogP contribution in [0, 0.1) is 6.92 Å². The monoisotopic (exact) mass is 309 g/mol. The van der Waals surface area contributed by atoms with Gasteiger partial charge in [-0.2, -0.15) is 0 Å². The number of ether oxygens (including phenoxy) is 2. The van der Waals surface area contributed by atoms with Gasteiger partial charge in [-0.1, -0.05) is 6.07 Å². The zero-order chi connectivity index (χ0) is 16.9. The Kier molecular flexibility index (Phi) is 5.73. The molecule has 1 aromatic rings. The first-order valence-electron chi connectivity index (χ1n) is 7.02. The molecular weight excluding hydrogens is 286 g/mol. The smallest absolute Gasteiger partial charge is 0.415 e. The van der Waals surface area contributed by atoms with Crippen molar-refractivity contribution in [1.82, 2.24) is 4.98 Å². The van der Waals surface area contributed by atoms with E-state index in [2.05, 4.69) is 10.3 Å². The number of carbonyl (C=O) groups excluding carboxylic acids is 2. The molecule has 0 aromatic carbocycles. The van der Waals surface area contributed by atoms with E-state index in [0.29, 0.717) is 11.6 Å². The van der Waals surface area contributed by atoms with E-state index < -0.39 is 17.8 Å². The molecule has 0 saturated carbocycles. The average Bonchev–Trinajstić information content (AvgIpc) is 2.38. The molecule has 0 saturated heterocycles. The Morgan fingerprint density at radius 1 is 1.32 bits per heavy atom. The normalized spacial score (nSPS) is 10.8. The topological polar surface area (TPSA) is 80.8 Å². The lowest BCUT2D eigenvalue weighted by Crippen LogP contribution is -2.34. The van der Waals surface area contributed by atoms with Crippen molar-refractivity contribution < 1.29 is 19.1 Å². The molecule has 1 rings (SSSR count). The van der Waals surface area contributed by atoms with E-state index in [1.807, 2.05) is 0 Å².